The third-order valence-electron chi connectivity index (χ3n) is 2.59. The molecule has 1 aromatic heterocycles. The number of benzene rings is 1. The van der Waals surface area contributed by atoms with E-state index in [9.17, 15) is 5.11 Å². The third kappa shape index (κ3) is 2.05. The van der Waals surface area contributed by atoms with Gasteiger partial charge in [0.15, 0.2) is 0 Å². The molecule has 0 saturated carbocycles. The Morgan fingerprint density at radius 3 is 2.56 bits per heavy atom. The minimum atomic E-state index is -0.974. The highest BCUT2D eigenvalue weighted by molar-refractivity contribution is 9.10. The minimum absolute atomic E-state index is 0.608. The predicted octanol–water partition coefficient (Wildman–Crippen LogP) is 3.55. The van der Waals surface area contributed by atoms with Gasteiger partial charge in [-0.05, 0) is 27.9 Å². The van der Waals surface area contributed by atoms with Crippen LogP contribution in [0.15, 0.2) is 40.3 Å². The summed E-state index contributed by atoms with van der Waals surface area (Å²) in [6.45, 7) is 1.96. The first-order valence-corrected chi connectivity index (χ1v) is 6.73. The zero-order valence-corrected chi connectivity index (χ0v) is 11.3. The molecular weight excluding hydrogens is 286 g/mol. The van der Waals surface area contributed by atoms with Gasteiger partial charge >= 0.3 is 0 Å². The van der Waals surface area contributed by atoms with Crippen molar-refractivity contribution in [1.82, 2.24) is 4.98 Å². The van der Waals surface area contributed by atoms with Crippen molar-refractivity contribution in [2.24, 2.45) is 0 Å². The van der Waals surface area contributed by atoms with E-state index in [0.717, 1.165) is 15.2 Å². The second-order valence-electron chi connectivity index (χ2n) is 3.56. The molecule has 84 valence electrons. The van der Waals surface area contributed by atoms with E-state index in [4.69, 9.17) is 0 Å². The van der Waals surface area contributed by atoms with Crippen molar-refractivity contribution in [2.75, 3.05) is 0 Å². The SMILES string of the molecule is CCC(O)(c1ccccc1)c1nc(Br)cs1. The van der Waals surface area contributed by atoms with Gasteiger partial charge in [-0.1, -0.05) is 37.3 Å². The van der Waals surface area contributed by atoms with Gasteiger partial charge in [0, 0.05) is 5.38 Å². The Labute approximate surface area is 107 Å². The zero-order valence-electron chi connectivity index (χ0n) is 8.85. The fraction of sp³-hybridized carbons (Fsp3) is 0.250. The van der Waals surface area contributed by atoms with E-state index in [0.29, 0.717) is 6.42 Å². The molecule has 16 heavy (non-hydrogen) atoms. The van der Waals surface area contributed by atoms with Gasteiger partial charge in [-0.25, -0.2) is 4.98 Å². The van der Waals surface area contributed by atoms with Crippen LogP contribution in [0, 0.1) is 0 Å². The number of rotatable bonds is 3. The van der Waals surface area contributed by atoms with Crippen molar-refractivity contribution in [1.29, 1.82) is 0 Å². The molecule has 1 heterocycles. The van der Waals surface area contributed by atoms with Crippen LogP contribution in [0.1, 0.15) is 23.9 Å². The fourth-order valence-corrected chi connectivity index (χ4v) is 3.08. The first-order valence-electron chi connectivity index (χ1n) is 5.06. The topological polar surface area (TPSA) is 33.1 Å². The third-order valence-corrected chi connectivity index (χ3v) is 4.30. The van der Waals surface area contributed by atoms with Gasteiger partial charge in [0.1, 0.15) is 15.2 Å². The van der Waals surface area contributed by atoms with Crippen LogP contribution < -0.4 is 0 Å². The number of nitrogens with zero attached hydrogens (tertiary/aromatic N) is 1. The molecule has 0 radical (unpaired) electrons. The maximum Gasteiger partial charge on any atom is 0.141 e. The summed E-state index contributed by atoms with van der Waals surface area (Å²) < 4.78 is 0.773. The van der Waals surface area contributed by atoms with Crippen molar-refractivity contribution < 1.29 is 5.11 Å². The van der Waals surface area contributed by atoms with Crippen molar-refractivity contribution >= 4 is 27.3 Å². The number of thiazole rings is 1. The largest absolute Gasteiger partial charge is 0.378 e. The van der Waals surface area contributed by atoms with Crippen molar-refractivity contribution in [3.63, 3.8) is 0 Å². The lowest BCUT2D eigenvalue weighted by molar-refractivity contribution is 0.0761. The lowest BCUT2D eigenvalue weighted by atomic mass is 9.92. The summed E-state index contributed by atoms with van der Waals surface area (Å²) in [6, 6.07) is 9.66. The lowest BCUT2D eigenvalue weighted by Crippen LogP contribution is -2.25. The average molecular weight is 298 g/mol. The Bertz CT molecular complexity index is 471. The smallest absolute Gasteiger partial charge is 0.141 e. The molecule has 1 aromatic carbocycles. The predicted molar refractivity (Wildman–Crippen MR) is 69.5 cm³/mol. The molecule has 4 heteroatoms. The molecule has 0 aliphatic carbocycles. The molecule has 0 spiro atoms. The zero-order chi connectivity index (χ0) is 11.6. The molecule has 0 aliphatic heterocycles. The van der Waals surface area contributed by atoms with Gasteiger partial charge in [-0.2, -0.15) is 0 Å². The Morgan fingerprint density at radius 2 is 2.06 bits per heavy atom. The van der Waals surface area contributed by atoms with Crippen LogP contribution in [0.4, 0.5) is 0 Å². The number of aromatic nitrogens is 1. The minimum Gasteiger partial charge on any atom is -0.378 e. The first-order chi connectivity index (χ1) is 7.66. The van der Waals surface area contributed by atoms with E-state index in [1.165, 1.54) is 11.3 Å². The normalized spacial score (nSPS) is 14.7. The van der Waals surface area contributed by atoms with Crippen molar-refractivity contribution in [2.45, 2.75) is 18.9 Å². The van der Waals surface area contributed by atoms with Gasteiger partial charge < -0.3 is 5.11 Å². The first kappa shape index (κ1) is 11.8. The van der Waals surface area contributed by atoms with E-state index in [1.807, 2.05) is 42.6 Å². The standard InChI is InChI=1S/C12H12BrNOS/c1-2-12(15,9-6-4-3-5-7-9)11-14-10(13)8-16-11/h3-8,15H,2H2,1H3. The van der Waals surface area contributed by atoms with Crippen LogP contribution in [0.5, 0.6) is 0 Å². The molecule has 1 N–H and O–H groups in total. The quantitative estimate of drug-likeness (QED) is 0.940. The Kier molecular flexibility index (Phi) is 3.42. The molecule has 2 rings (SSSR count). The van der Waals surface area contributed by atoms with Crippen molar-refractivity contribution in [3.05, 3.63) is 50.9 Å². The number of hydrogen-bond acceptors (Lipinski definition) is 3. The highest BCUT2D eigenvalue weighted by atomic mass is 79.9. The second-order valence-corrected chi connectivity index (χ2v) is 5.23. The number of aliphatic hydroxyl groups is 1. The molecule has 2 aromatic rings. The van der Waals surface area contributed by atoms with Crippen LogP contribution in [0.2, 0.25) is 0 Å². The van der Waals surface area contributed by atoms with Gasteiger partial charge in [0.25, 0.3) is 0 Å². The Morgan fingerprint density at radius 1 is 1.38 bits per heavy atom. The molecule has 1 unspecified atom stereocenters. The van der Waals surface area contributed by atoms with E-state index in [1.54, 1.807) is 0 Å². The molecular formula is C12H12BrNOS. The molecule has 0 aliphatic rings. The molecule has 0 saturated heterocycles. The highest BCUT2D eigenvalue weighted by Crippen LogP contribution is 2.35. The Hall–Kier alpha value is -0.710. The molecule has 0 fully saturated rings. The van der Waals surface area contributed by atoms with E-state index in [-0.39, 0.29) is 0 Å². The Balaban J connectivity index is 2.48. The van der Waals surface area contributed by atoms with Gasteiger partial charge in [-0.15, -0.1) is 11.3 Å². The van der Waals surface area contributed by atoms with Crippen LogP contribution >= 0.6 is 27.3 Å². The summed E-state index contributed by atoms with van der Waals surface area (Å²) in [7, 11) is 0. The van der Waals surface area contributed by atoms with Gasteiger partial charge in [-0.3, -0.25) is 0 Å². The number of hydrogen-bond donors (Lipinski definition) is 1. The maximum atomic E-state index is 10.7. The lowest BCUT2D eigenvalue weighted by Gasteiger charge is -2.24. The van der Waals surface area contributed by atoms with Crippen LogP contribution in [-0.4, -0.2) is 10.1 Å². The molecule has 2 nitrogen and oxygen atoms in total. The molecule has 0 bridgehead atoms. The molecule has 1 atom stereocenters. The van der Waals surface area contributed by atoms with Gasteiger partial charge in [0.2, 0.25) is 0 Å². The summed E-state index contributed by atoms with van der Waals surface area (Å²) in [5.74, 6) is 0. The van der Waals surface area contributed by atoms with E-state index < -0.39 is 5.60 Å². The maximum absolute atomic E-state index is 10.7. The van der Waals surface area contributed by atoms with E-state index in [2.05, 4.69) is 20.9 Å². The van der Waals surface area contributed by atoms with Gasteiger partial charge in [0.05, 0.1) is 0 Å². The second kappa shape index (κ2) is 4.65. The molecule has 0 amide bonds. The highest BCUT2D eigenvalue weighted by Gasteiger charge is 2.32. The van der Waals surface area contributed by atoms with Crippen LogP contribution in [0.3, 0.4) is 0 Å². The summed E-state index contributed by atoms with van der Waals surface area (Å²) >= 11 is 4.78. The number of halogens is 1. The van der Waals surface area contributed by atoms with Crippen molar-refractivity contribution in [3.8, 4) is 0 Å². The van der Waals surface area contributed by atoms with E-state index >= 15 is 0 Å². The summed E-state index contributed by atoms with van der Waals surface area (Å²) in [5.41, 5.74) is -0.0860. The summed E-state index contributed by atoms with van der Waals surface area (Å²) in [4.78, 5) is 4.32. The fourth-order valence-electron chi connectivity index (χ4n) is 1.64. The van der Waals surface area contributed by atoms with Crippen LogP contribution in [0.25, 0.3) is 0 Å². The van der Waals surface area contributed by atoms with Crippen LogP contribution in [-0.2, 0) is 5.60 Å². The summed E-state index contributed by atoms with van der Waals surface area (Å²) in [6.07, 6.45) is 0.608. The average Bonchev–Trinajstić information content (AvgIpc) is 2.76. The summed E-state index contributed by atoms with van der Waals surface area (Å²) in [5, 5.41) is 13.3. The monoisotopic (exact) mass is 297 g/mol.